The number of esters is 2. The molecule has 36 heavy (non-hydrogen) atoms. The lowest BCUT2D eigenvalue weighted by molar-refractivity contribution is -0.771. The van der Waals surface area contributed by atoms with Crippen LogP contribution in [-0.4, -0.2) is 96.0 Å². The maximum absolute atomic E-state index is 12.0. The molecule has 0 radical (unpaired) electrons. The Balaban J connectivity index is 4.70. The third kappa shape index (κ3) is 15.1. The van der Waals surface area contributed by atoms with Crippen molar-refractivity contribution in [3.63, 3.8) is 0 Å². The molecule has 204 valence electrons. The van der Waals surface area contributed by atoms with Crippen LogP contribution >= 0.6 is 11.8 Å². The van der Waals surface area contributed by atoms with Gasteiger partial charge in [0, 0.05) is 24.1 Å². The molecule has 0 heterocycles. The molecule has 0 aliphatic heterocycles. The maximum atomic E-state index is 12.0. The molecule has 0 aromatic rings. The highest BCUT2D eigenvalue weighted by molar-refractivity contribution is 8.00. The first-order valence-corrected chi connectivity index (χ1v) is 11.1. The predicted molar refractivity (Wildman–Crippen MR) is 116 cm³/mol. The molecule has 0 saturated heterocycles. The lowest BCUT2D eigenvalue weighted by atomic mass is 9.94. The molecule has 0 aliphatic rings. The summed E-state index contributed by atoms with van der Waals surface area (Å²) >= 11 is 0.778. The van der Waals surface area contributed by atoms with Gasteiger partial charge in [-0.15, -0.1) is 20.2 Å². The van der Waals surface area contributed by atoms with Gasteiger partial charge in [-0.05, 0) is 6.42 Å². The van der Waals surface area contributed by atoms with Crippen molar-refractivity contribution >= 4 is 41.5 Å². The Morgan fingerprint density at radius 1 is 1.06 bits per heavy atom. The van der Waals surface area contributed by atoms with E-state index < -0.39 is 76.9 Å². The summed E-state index contributed by atoms with van der Waals surface area (Å²) in [6, 6.07) is -1.99. The molecule has 1 atom stereocenters. The first kappa shape index (κ1) is 32.1. The van der Waals surface area contributed by atoms with Gasteiger partial charge in [0.1, 0.15) is 25.9 Å². The van der Waals surface area contributed by atoms with Crippen LogP contribution in [0.25, 0.3) is 0 Å². The molecule has 3 N–H and O–H groups in total. The summed E-state index contributed by atoms with van der Waals surface area (Å²) in [5.74, 6) is -4.96. The second kappa shape index (κ2) is 16.7. The number of hydrogen-bond donors (Lipinski definition) is 3. The summed E-state index contributed by atoms with van der Waals surface area (Å²) in [5.41, 5.74) is -1.53. The number of carbonyl (C=O) groups is 5. The van der Waals surface area contributed by atoms with Gasteiger partial charge in [-0.1, -0.05) is 6.92 Å². The number of aliphatic carboxylic acids is 1. The van der Waals surface area contributed by atoms with Crippen LogP contribution in [0.5, 0.6) is 0 Å². The topological polar surface area (TPSA) is 253 Å². The van der Waals surface area contributed by atoms with Crippen molar-refractivity contribution in [1.82, 2.24) is 10.6 Å². The molecule has 0 saturated carbocycles. The van der Waals surface area contributed by atoms with E-state index in [0.717, 1.165) is 18.9 Å². The summed E-state index contributed by atoms with van der Waals surface area (Å²) in [7, 11) is 1.07. The predicted octanol–water partition coefficient (Wildman–Crippen LogP) is -1.04. The number of methoxy groups -OCH3 is 1. The van der Waals surface area contributed by atoms with Gasteiger partial charge in [0.05, 0.1) is 12.9 Å². The number of hydrogen-bond acceptors (Lipinski definition) is 14. The van der Waals surface area contributed by atoms with Gasteiger partial charge in [-0.3, -0.25) is 9.59 Å². The third-order valence-corrected chi connectivity index (χ3v) is 5.01. The van der Waals surface area contributed by atoms with Crippen molar-refractivity contribution in [3.8, 4) is 0 Å². The van der Waals surface area contributed by atoms with E-state index in [1.165, 1.54) is 6.92 Å². The first-order valence-electron chi connectivity index (χ1n) is 9.96. The molecule has 0 spiro atoms. The molecule has 0 bridgehead atoms. The Morgan fingerprint density at radius 2 is 1.64 bits per heavy atom. The van der Waals surface area contributed by atoms with E-state index in [9.17, 15) is 44.2 Å². The second-order valence-electron chi connectivity index (χ2n) is 7.29. The minimum absolute atomic E-state index is 0.0296. The fourth-order valence-electron chi connectivity index (χ4n) is 2.15. The normalized spacial score (nSPS) is 11.4. The monoisotopic (exact) mass is 542 g/mol. The number of carboxylic acids is 1. The van der Waals surface area contributed by atoms with Crippen LogP contribution in [0.4, 0.5) is 4.79 Å². The van der Waals surface area contributed by atoms with Crippen LogP contribution in [0.2, 0.25) is 0 Å². The van der Waals surface area contributed by atoms with Crippen LogP contribution in [0, 0.1) is 25.6 Å². The minimum Gasteiger partial charge on any atom is -0.481 e. The number of Topliss-reactive ketones (excluding diaryl/α,β-unsaturated/α-hetero) is 1. The van der Waals surface area contributed by atoms with E-state index in [2.05, 4.69) is 25.0 Å². The zero-order chi connectivity index (χ0) is 27.7. The van der Waals surface area contributed by atoms with Gasteiger partial charge in [-0.25, -0.2) is 14.4 Å². The number of nitrogens with zero attached hydrogens (tertiary/aromatic N) is 2. The van der Waals surface area contributed by atoms with Crippen LogP contribution in [-0.2, 0) is 38.3 Å². The van der Waals surface area contributed by atoms with Gasteiger partial charge in [0.25, 0.3) is 10.2 Å². The Labute approximate surface area is 207 Å². The zero-order valence-corrected chi connectivity index (χ0v) is 20.1. The molecule has 0 unspecified atom stereocenters. The van der Waals surface area contributed by atoms with Crippen molar-refractivity contribution in [2.24, 2.45) is 5.41 Å². The minimum atomic E-state index is -1.53. The van der Waals surface area contributed by atoms with E-state index in [-0.39, 0.29) is 25.1 Å². The third-order valence-electron chi connectivity index (χ3n) is 3.98. The molecule has 0 aromatic carbocycles. The Bertz CT molecular complexity index is 805. The van der Waals surface area contributed by atoms with E-state index >= 15 is 0 Å². The first-order chi connectivity index (χ1) is 16.8. The van der Waals surface area contributed by atoms with Crippen LogP contribution in [0.15, 0.2) is 0 Å². The number of ether oxygens (including phenoxy) is 2. The zero-order valence-electron chi connectivity index (χ0n) is 19.3. The maximum Gasteiger partial charge on any atom is 0.375 e. The Morgan fingerprint density at radius 3 is 2.14 bits per heavy atom. The molecule has 0 aromatic heterocycles. The molecule has 2 amide bonds. The fourth-order valence-corrected chi connectivity index (χ4v) is 3.03. The number of carbonyl (C=O) groups excluding carboxylic acids is 4. The smallest absolute Gasteiger partial charge is 0.375 e. The number of nitrogens with one attached hydrogen (secondary N) is 2. The molecular weight excluding hydrogens is 516 g/mol. The van der Waals surface area contributed by atoms with Crippen molar-refractivity contribution < 1.29 is 58.4 Å². The van der Waals surface area contributed by atoms with Gasteiger partial charge in [0.2, 0.25) is 5.78 Å². The van der Waals surface area contributed by atoms with Crippen molar-refractivity contribution in [1.29, 1.82) is 0 Å². The SMILES string of the molecule is COC(=O)[C@H](CSCC(=O)C(=O)OCC(C)(CO[N+](=O)[O-])CO[N+](=O)[O-])NC(=O)NCCCC(=O)O. The van der Waals surface area contributed by atoms with Crippen LogP contribution < -0.4 is 10.6 Å². The molecule has 0 fully saturated rings. The highest BCUT2D eigenvalue weighted by atomic mass is 32.2. The van der Waals surface area contributed by atoms with Crippen LogP contribution in [0.1, 0.15) is 19.8 Å². The lowest BCUT2D eigenvalue weighted by Crippen LogP contribution is -2.48. The Kier molecular flexibility index (Phi) is 14.9. The van der Waals surface area contributed by atoms with Crippen LogP contribution in [0.3, 0.4) is 0 Å². The van der Waals surface area contributed by atoms with E-state index in [4.69, 9.17) is 9.84 Å². The lowest BCUT2D eigenvalue weighted by Gasteiger charge is -2.26. The summed E-state index contributed by atoms with van der Waals surface area (Å²) in [5, 5.41) is 31.7. The number of rotatable bonds is 19. The van der Waals surface area contributed by atoms with E-state index in [1.807, 2.05) is 0 Å². The fraction of sp³-hybridized carbons (Fsp3) is 0.706. The average Bonchev–Trinajstić information content (AvgIpc) is 2.81. The molecular formula is C17H26N4O14S. The quantitative estimate of drug-likeness (QED) is 0.0579. The number of thioether (sulfide) groups is 1. The second-order valence-corrected chi connectivity index (χ2v) is 8.32. The number of amides is 2. The molecule has 0 rings (SSSR count). The number of urea groups is 1. The van der Waals surface area contributed by atoms with E-state index in [0.29, 0.717) is 0 Å². The standard InChI is InChI=1S/C17H26N4O14S/c1-17(9-34-20(28)29,10-35-21(30)31)8-33-15(26)12(22)7-36-6-11(14(25)32-2)19-16(27)18-5-3-4-13(23)24/h11H,3-10H2,1-2H3,(H,23,24)(H2,18,19,27)/t11-/m0/s1. The molecule has 18 nitrogen and oxygen atoms in total. The summed E-state index contributed by atoms with van der Waals surface area (Å²) in [6.45, 7) is -0.879. The van der Waals surface area contributed by atoms with Gasteiger partial charge in [-0.2, -0.15) is 11.8 Å². The largest absolute Gasteiger partial charge is 0.481 e. The molecule has 19 heteroatoms. The number of ketones is 1. The van der Waals surface area contributed by atoms with Gasteiger partial charge < -0.3 is 34.9 Å². The van der Waals surface area contributed by atoms with Gasteiger partial charge >= 0.3 is 23.9 Å². The number of carboxylic acid groups (broad SMARTS) is 1. The van der Waals surface area contributed by atoms with E-state index in [1.54, 1.807) is 0 Å². The van der Waals surface area contributed by atoms with Crippen molar-refractivity contribution in [2.75, 3.05) is 45.0 Å². The summed E-state index contributed by atoms with van der Waals surface area (Å²) < 4.78 is 9.34. The highest BCUT2D eigenvalue weighted by Gasteiger charge is 2.31. The van der Waals surface area contributed by atoms with Crippen molar-refractivity contribution in [2.45, 2.75) is 25.8 Å². The Hall–Kier alpha value is -3.90. The molecule has 0 aliphatic carbocycles. The van der Waals surface area contributed by atoms with Gasteiger partial charge in [0.15, 0.2) is 0 Å². The highest BCUT2D eigenvalue weighted by Crippen LogP contribution is 2.19. The van der Waals surface area contributed by atoms with Crippen molar-refractivity contribution in [3.05, 3.63) is 20.2 Å². The average molecular weight is 542 g/mol. The summed E-state index contributed by atoms with van der Waals surface area (Å²) in [4.78, 5) is 87.3. The summed E-state index contributed by atoms with van der Waals surface area (Å²) in [6.07, 6.45) is -0.00813.